The standard InChI is InChI=1S/C15H17N3O3/c1-15(2,20-3)14(19)18-8-10-4-12(18)11-7-17-6-9(5-16)13(11)21-10/h6-7,10,12H,4,8H2,1-3H3/t10-,12-/m0/s1. The number of carbonyl (C=O) groups is 1. The van der Waals surface area contributed by atoms with Crippen LogP contribution in [0.2, 0.25) is 0 Å². The smallest absolute Gasteiger partial charge is 0.254 e. The summed E-state index contributed by atoms with van der Waals surface area (Å²) in [7, 11) is 1.53. The molecule has 1 aromatic heterocycles. The van der Waals surface area contributed by atoms with Crippen LogP contribution >= 0.6 is 0 Å². The van der Waals surface area contributed by atoms with Crippen LogP contribution in [0.5, 0.6) is 5.75 Å². The third kappa shape index (κ3) is 2.05. The van der Waals surface area contributed by atoms with E-state index in [0.29, 0.717) is 17.9 Å². The van der Waals surface area contributed by atoms with Crippen molar-refractivity contribution in [2.24, 2.45) is 0 Å². The molecule has 1 amide bonds. The normalized spacial score (nSPS) is 23.2. The van der Waals surface area contributed by atoms with Gasteiger partial charge in [-0.3, -0.25) is 9.78 Å². The van der Waals surface area contributed by atoms with Crippen molar-refractivity contribution in [2.45, 2.75) is 38.0 Å². The Labute approximate surface area is 123 Å². The summed E-state index contributed by atoms with van der Waals surface area (Å²) in [5, 5.41) is 9.16. The molecule has 110 valence electrons. The Morgan fingerprint density at radius 3 is 3.00 bits per heavy atom. The fourth-order valence-corrected chi connectivity index (χ4v) is 2.92. The van der Waals surface area contributed by atoms with E-state index < -0.39 is 5.60 Å². The molecule has 2 bridgehead atoms. The second kappa shape index (κ2) is 4.71. The van der Waals surface area contributed by atoms with Crippen molar-refractivity contribution in [1.29, 1.82) is 5.26 Å². The van der Waals surface area contributed by atoms with Gasteiger partial charge >= 0.3 is 0 Å². The number of fused-ring (bicyclic) bond motifs is 4. The molecule has 3 heterocycles. The van der Waals surface area contributed by atoms with Crippen molar-refractivity contribution in [3.8, 4) is 11.8 Å². The van der Waals surface area contributed by atoms with Crippen molar-refractivity contribution >= 4 is 5.91 Å². The molecule has 0 unspecified atom stereocenters. The molecular weight excluding hydrogens is 270 g/mol. The first kappa shape index (κ1) is 13.8. The fourth-order valence-electron chi connectivity index (χ4n) is 2.92. The van der Waals surface area contributed by atoms with Gasteiger partial charge in [0.15, 0.2) is 0 Å². The zero-order valence-corrected chi connectivity index (χ0v) is 12.3. The second-order valence-corrected chi connectivity index (χ2v) is 5.88. The molecule has 1 aromatic rings. The number of amides is 1. The van der Waals surface area contributed by atoms with Crippen LogP contribution < -0.4 is 4.74 Å². The van der Waals surface area contributed by atoms with E-state index in [1.807, 2.05) is 0 Å². The zero-order valence-electron chi connectivity index (χ0n) is 12.3. The van der Waals surface area contributed by atoms with Crippen LogP contribution in [-0.4, -0.2) is 41.2 Å². The molecule has 0 aromatic carbocycles. The van der Waals surface area contributed by atoms with E-state index >= 15 is 0 Å². The van der Waals surface area contributed by atoms with Gasteiger partial charge in [-0.1, -0.05) is 0 Å². The summed E-state index contributed by atoms with van der Waals surface area (Å²) in [6, 6.07) is 2.00. The summed E-state index contributed by atoms with van der Waals surface area (Å²) >= 11 is 0. The Hall–Kier alpha value is -2.13. The van der Waals surface area contributed by atoms with Crippen molar-refractivity contribution < 1.29 is 14.3 Å². The minimum absolute atomic E-state index is 0.0729. The lowest BCUT2D eigenvalue weighted by atomic mass is 9.99. The van der Waals surface area contributed by atoms with E-state index in [-0.39, 0.29) is 18.1 Å². The molecule has 2 aliphatic heterocycles. The fraction of sp³-hybridized carbons (Fsp3) is 0.533. The van der Waals surface area contributed by atoms with Gasteiger partial charge in [0.05, 0.1) is 12.6 Å². The van der Waals surface area contributed by atoms with Crippen LogP contribution in [0, 0.1) is 11.3 Å². The lowest BCUT2D eigenvalue weighted by molar-refractivity contribution is -0.152. The average molecular weight is 287 g/mol. The second-order valence-electron chi connectivity index (χ2n) is 5.88. The maximum Gasteiger partial charge on any atom is 0.254 e. The van der Waals surface area contributed by atoms with Gasteiger partial charge in [0.1, 0.15) is 29.1 Å². The Bertz CT molecular complexity index is 636. The molecule has 1 saturated heterocycles. The van der Waals surface area contributed by atoms with Crippen molar-refractivity contribution in [1.82, 2.24) is 9.88 Å². The molecule has 1 fully saturated rings. The van der Waals surface area contributed by atoms with Gasteiger partial charge < -0.3 is 14.4 Å². The summed E-state index contributed by atoms with van der Waals surface area (Å²) < 4.78 is 11.2. The van der Waals surface area contributed by atoms with E-state index in [9.17, 15) is 4.79 Å². The predicted molar refractivity (Wildman–Crippen MR) is 73.5 cm³/mol. The molecule has 21 heavy (non-hydrogen) atoms. The highest BCUT2D eigenvalue weighted by Gasteiger charge is 2.46. The first-order valence-electron chi connectivity index (χ1n) is 6.89. The number of carbonyl (C=O) groups excluding carboxylic acids is 1. The Balaban J connectivity index is 2.00. The number of hydrogen-bond donors (Lipinski definition) is 0. The van der Waals surface area contributed by atoms with Crippen molar-refractivity contribution in [2.75, 3.05) is 13.7 Å². The van der Waals surface area contributed by atoms with Crippen LogP contribution in [0.25, 0.3) is 0 Å². The molecule has 0 radical (unpaired) electrons. The third-order valence-corrected chi connectivity index (χ3v) is 4.24. The van der Waals surface area contributed by atoms with Gasteiger partial charge in [0.25, 0.3) is 5.91 Å². The van der Waals surface area contributed by atoms with Crippen molar-refractivity contribution in [3.63, 3.8) is 0 Å². The number of nitrogens with zero attached hydrogens (tertiary/aromatic N) is 3. The van der Waals surface area contributed by atoms with E-state index in [1.54, 1.807) is 24.9 Å². The summed E-state index contributed by atoms with van der Waals surface area (Å²) in [6.45, 7) is 4.02. The Morgan fingerprint density at radius 2 is 2.33 bits per heavy atom. The van der Waals surface area contributed by atoms with Gasteiger partial charge in [-0.15, -0.1) is 0 Å². The number of pyridine rings is 1. The van der Waals surface area contributed by atoms with Crippen LogP contribution in [0.15, 0.2) is 12.4 Å². The minimum Gasteiger partial charge on any atom is -0.487 e. The summed E-state index contributed by atoms with van der Waals surface area (Å²) in [4.78, 5) is 18.5. The van der Waals surface area contributed by atoms with Gasteiger partial charge in [-0.25, -0.2) is 0 Å². The number of methoxy groups -OCH3 is 1. The number of nitriles is 1. The number of ether oxygens (including phenoxy) is 2. The lowest BCUT2D eigenvalue weighted by Crippen LogP contribution is -2.46. The van der Waals surface area contributed by atoms with Gasteiger partial charge in [-0.05, 0) is 13.8 Å². The number of hydrogen-bond acceptors (Lipinski definition) is 5. The van der Waals surface area contributed by atoms with E-state index in [4.69, 9.17) is 14.7 Å². The topological polar surface area (TPSA) is 75.5 Å². The monoisotopic (exact) mass is 287 g/mol. The first-order valence-corrected chi connectivity index (χ1v) is 6.89. The molecule has 0 N–H and O–H groups in total. The molecule has 6 heteroatoms. The van der Waals surface area contributed by atoms with Crippen LogP contribution in [-0.2, 0) is 9.53 Å². The highest BCUT2D eigenvalue weighted by molar-refractivity contribution is 5.85. The number of likely N-dealkylation sites (tertiary alicyclic amines) is 1. The minimum atomic E-state index is -0.877. The summed E-state index contributed by atoms with van der Waals surface area (Å²) in [5.41, 5.74) is 0.350. The highest BCUT2D eigenvalue weighted by Crippen LogP contribution is 2.45. The maximum absolute atomic E-state index is 12.7. The molecule has 6 nitrogen and oxygen atoms in total. The van der Waals surface area contributed by atoms with E-state index in [2.05, 4.69) is 11.1 Å². The quantitative estimate of drug-likeness (QED) is 0.822. The molecule has 2 aliphatic rings. The number of aromatic nitrogens is 1. The van der Waals surface area contributed by atoms with Gasteiger partial charge in [0, 0.05) is 31.5 Å². The molecule has 0 aliphatic carbocycles. The molecule has 0 saturated carbocycles. The van der Waals surface area contributed by atoms with Gasteiger partial charge in [0.2, 0.25) is 0 Å². The number of rotatable bonds is 2. The summed E-state index contributed by atoms with van der Waals surface area (Å²) in [6.07, 6.45) is 3.83. The molecule has 0 spiro atoms. The van der Waals surface area contributed by atoms with Gasteiger partial charge in [-0.2, -0.15) is 5.26 Å². The van der Waals surface area contributed by atoms with Crippen LogP contribution in [0.1, 0.15) is 37.4 Å². The van der Waals surface area contributed by atoms with E-state index in [1.165, 1.54) is 13.3 Å². The Kier molecular flexibility index (Phi) is 3.10. The van der Waals surface area contributed by atoms with Crippen LogP contribution in [0.4, 0.5) is 0 Å². The van der Waals surface area contributed by atoms with Crippen LogP contribution in [0.3, 0.4) is 0 Å². The third-order valence-electron chi connectivity index (χ3n) is 4.24. The predicted octanol–water partition coefficient (Wildman–Crippen LogP) is 1.41. The highest BCUT2D eigenvalue weighted by atomic mass is 16.5. The summed E-state index contributed by atoms with van der Waals surface area (Å²) in [5.74, 6) is 0.496. The SMILES string of the molecule is COC(C)(C)C(=O)N1C[C@@H]2C[C@H]1c1cncc(C#N)c1O2. The Morgan fingerprint density at radius 1 is 1.57 bits per heavy atom. The average Bonchev–Trinajstić information content (AvgIpc) is 2.84. The maximum atomic E-state index is 12.7. The largest absolute Gasteiger partial charge is 0.487 e. The molecule has 3 rings (SSSR count). The zero-order chi connectivity index (χ0) is 15.2. The van der Waals surface area contributed by atoms with E-state index in [0.717, 1.165) is 12.0 Å². The molecule has 2 atom stereocenters. The molecular formula is C15H17N3O3. The first-order chi connectivity index (χ1) is 9.97. The lowest BCUT2D eigenvalue weighted by Gasteiger charge is -2.32. The van der Waals surface area contributed by atoms with Crippen molar-refractivity contribution in [3.05, 3.63) is 23.5 Å².